The van der Waals surface area contributed by atoms with E-state index in [1.54, 1.807) is 25.6 Å². The van der Waals surface area contributed by atoms with Gasteiger partial charge in [-0.3, -0.25) is 0 Å². The van der Waals surface area contributed by atoms with E-state index in [0.717, 1.165) is 24.6 Å². The van der Waals surface area contributed by atoms with Crippen LogP contribution in [-0.4, -0.2) is 39.0 Å². The van der Waals surface area contributed by atoms with Gasteiger partial charge in [-0.1, -0.05) is 0 Å². The van der Waals surface area contributed by atoms with Crippen LogP contribution in [0.3, 0.4) is 0 Å². The number of ether oxygens (including phenoxy) is 2. The van der Waals surface area contributed by atoms with Crippen molar-refractivity contribution in [3.05, 3.63) is 16.6 Å². The van der Waals surface area contributed by atoms with Crippen LogP contribution in [0, 0.1) is 0 Å². The average molecular weight is 244 g/mol. The zero-order valence-corrected chi connectivity index (χ0v) is 11.0. The van der Waals surface area contributed by atoms with E-state index in [-0.39, 0.29) is 5.54 Å². The first-order valence-electron chi connectivity index (χ1n) is 5.36. The smallest absolute Gasteiger partial charge is 0.112 e. The third kappa shape index (κ3) is 3.83. The Morgan fingerprint density at radius 3 is 2.69 bits per heavy atom. The van der Waals surface area contributed by atoms with Crippen molar-refractivity contribution < 1.29 is 9.47 Å². The molecular formula is C11H20N2O2S. The predicted molar refractivity (Wildman–Crippen MR) is 65.8 cm³/mol. The average Bonchev–Trinajstić information content (AvgIpc) is 2.81. The first-order valence-corrected chi connectivity index (χ1v) is 6.24. The number of thiazole rings is 1. The first kappa shape index (κ1) is 13.6. The van der Waals surface area contributed by atoms with Crippen LogP contribution in [0.25, 0.3) is 0 Å². The van der Waals surface area contributed by atoms with Crippen molar-refractivity contribution >= 4 is 11.3 Å². The maximum atomic E-state index is 5.15. The highest BCUT2D eigenvalue weighted by Crippen LogP contribution is 2.26. The summed E-state index contributed by atoms with van der Waals surface area (Å²) < 4.78 is 10.2. The normalized spacial score (nSPS) is 14.9. The number of nitrogens with zero attached hydrogens (tertiary/aromatic N) is 1. The van der Waals surface area contributed by atoms with Crippen LogP contribution < -0.4 is 5.32 Å². The van der Waals surface area contributed by atoms with E-state index in [2.05, 4.69) is 17.2 Å². The highest BCUT2D eigenvalue weighted by Gasteiger charge is 2.28. The SMILES string of the molecule is COCCNC(C)(CCOC)c1nccs1. The molecule has 92 valence electrons. The molecule has 0 amide bonds. The highest BCUT2D eigenvalue weighted by atomic mass is 32.1. The van der Waals surface area contributed by atoms with Crippen LogP contribution in [0.1, 0.15) is 18.4 Å². The summed E-state index contributed by atoms with van der Waals surface area (Å²) in [5, 5.41) is 6.57. The topological polar surface area (TPSA) is 43.4 Å². The Morgan fingerprint density at radius 1 is 1.38 bits per heavy atom. The second kappa shape index (κ2) is 6.96. The number of hydrogen-bond acceptors (Lipinski definition) is 5. The molecule has 0 aliphatic heterocycles. The van der Waals surface area contributed by atoms with Gasteiger partial charge in [-0.2, -0.15) is 0 Å². The molecule has 4 nitrogen and oxygen atoms in total. The van der Waals surface area contributed by atoms with Crippen molar-refractivity contribution in [2.24, 2.45) is 0 Å². The lowest BCUT2D eigenvalue weighted by Gasteiger charge is -2.28. The van der Waals surface area contributed by atoms with Crippen molar-refractivity contribution in [2.45, 2.75) is 18.9 Å². The Hall–Kier alpha value is -0.490. The summed E-state index contributed by atoms with van der Waals surface area (Å²) in [6.45, 7) is 4.39. The molecule has 0 aliphatic rings. The summed E-state index contributed by atoms with van der Waals surface area (Å²) in [6, 6.07) is 0. The summed E-state index contributed by atoms with van der Waals surface area (Å²) >= 11 is 1.67. The molecular weight excluding hydrogens is 224 g/mol. The Bertz CT molecular complexity index is 280. The molecule has 1 aromatic rings. The number of hydrogen-bond donors (Lipinski definition) is 1. The lowest BCUT2D eigenvalue weighted by molar-refractivity contribution is 0.146. The van der Waals surface area contributed by atoms with Crippen LogP contribution in [-0.2, 0) is 15.0 Å². The van der Waals surface area contributed by atoms with Gasteiger partial charge in [0.2, 0.25) is 0 Å². The molecule has 0 saturated carbocycles. The van der Waals surface area contributed by atoms with Crippen molar-refractivity contribution in [3.63, 3.8) is 0 Å². The summed E-state index contributed by atoms with van der Waals surface area (Å²) in [6.07, 6.45) is 2.74. The fourth-order valence-electron chi connectivity index (χ4n) is 1.50. The quantitative estimate of drug-likeness (QED) is 0.706. The lowest BCUT2D eigenvalue weighted by Crippen LogP contribution is -2.42. The van der Waals surface area contributed by atoms with E-state index in [1.807, 2.05) is 11.6 Å². The maximum absolute atomic E-state index is 5.15. The molecule has 1 aromatic heterocycles. The number of rotatable bonds is 8. The van der Waals surface area contributed by atoms with Gasteiger partial charge in [0.15, 0.2) is 0 Å². The van der Waals surface area contributed by atoms with Gasteiger partial charge >= 0.3 is 0 Å². The van der Waals surface area contributed by atoms with Crippen LogP contribution in [0.4, 0.5) is 0 Å². The molecule has 0 aromatic carbocycles. The van der Waals surface area contributed by atoms with Crippen molar-refractivity contribution in [1.29, 1.82) is 0 Å². The number of aromatic nitrogens is 1. The highest BCUT2D eigenvalue weighted by molar-refractivity contribution is 7.09. The van der Waals surface area contributed by atoms with E-state index in [1.165, 1.54) is 0 Å². The summed E-state index contributed by atoms with van der Waals surface area (Å²) in [4.78, 5) is 4.38. The van der Waals surface area contributed by atoms with Gasteiger partial charge in [-0.25, -0.2) is 4.98 Å². The molecule has 5 heteroatoms. The van der Waals surface area contributed by atoms with Crippen LogP contribution in [0.2, 0.25) is 0 Å². The lowest BCUT2D eigenvalue weighted by atomic mass is 9.99. The maximum Gasteiger partial charge on any atom is 0.112 e. The van der Waals surface area contributed by atoms with Gasteiger partial charge in [0.05, 0.1) is 12.1 Å². The Morgan fingerprint density at radius 2 is 2.12 bits per heavy atom. The molecule has 0 radical (unpaired) electrons. The van der Waals surface area contributed by atoms with Crippen molar-refractivity contribution in [3.8, 4) is 0 Å². The summed E-state index contributed by atoms with van der Waals surface area (Å²) in [7, 11) is 3.43. The van der Waals surface area contributed by atoms with Gasteiger partial charge in [0.1, 0.15) is 5.01 Å². The van der Waals surface area contributed by atoms with Gasteiger partial charge in [-0.05, 0) is 13.3 Å². The molecule has 1 atom stereocenters. The zero-order valence-electron chi connectivity index (χ0n) is 10.2. The first-order chi connectivity index (χ1) is 7.73. The van der Waals surface area contributed by atoms with E-state index in [9.17, 15) is 0 Å². The van der Waals surface area contributed by atoms with E-state index < -0.39 is 0 Å². The molecule has 1 heterocycles. The van der Waals surface area contributed by atoms with Gasteiger partial charge < -0.3 is 14.8 Å². The van der Waals surface area contributed by atoms with Gasteiger partial charge in [0.25, 0.3) is 0 Å². The molecule has 0 spiro atoms. The second-order valence-electron chi connectivity index (χ2n) is 3.83. The zero-order chi connectivity index (χ0) is 11.9. The van der Waals surface area contributed by atoms with E-state index in [4.69, 9.17) is 9.47 Å². The fourth-order valence-corrected chi connectivity index (χ4v) is 2.31. The molecule has 0 fully saturated rings. The molecule has 0 bridgehead atoms. The largest absolute Gasteiger partial charge is 0.385 e. The third-order valence-electron chi connectivity index (χ3n) is 2.53. The second-order valence-corrected chi connectivity index (χ2v) is 4.73. The predicted octanol–water partition coefficient (Wildman–Crippen LogP) is 1.63. The standard InChI is InChI=1S/C11H20N2O2S/c1-11(4-7-14-2,13-5-8-15-3)10-12-6-9-16-10/h6,9,13H,4-5,7-8H2,1-3H3. The fraction of sp³-hybridized carbons (Fsp3) is 0.727. The van der Waals surface area contributed by atoms with Crippen LogP contribution in [0.15, 0.2) is 11.6 Å². The van der Waals surface area contributed by atoms with Gasteiger partial charge in [-0.15, -0.1) is 11.3 Å². The summed E-state index contributed by atoms with van der Waals surface area (Å²) in [5.41, 5.74) is -0.122. The monoisotopic (exact) mass is 244 g/mol. The summed E-state index contributed by atoms with van der Waals surface area (Å²) in [5.74, 6) is 0. The van der Waals surface area contributed by atoms with Crippen LogP contribution in [0.5, 0.6) is 0 Å². The minimum atomic E-state index is -0.122. The third-order valence-corrected chi connectivity index (χ3v) is 3.57. The molecule has 0 saturated heterocycles. The van der Waals surface area contributed by atoms with Crippen LogP contribution >= 0.6 is 11.3 Å². The van der Waals surface area contributed by atoms with Gasteiger partial charge in [0, 0.05) is 38.9 Å². The minimum absolute atomic E-state index is 0.122. The van der Waals surface area contributed by atoms with E-state index in [0.29, 0.717) is 6.61 Å². The Labute approximate surface area is 101 Å². The Balaban J connectivity index is 2.60. The Kier molecular flexibility index (Phi) is 5.90. The number of methoxy groups -OCH3 is 2. The molecule has 1 N–H and O–H groups in total. The van der Waals surface area contributed by atoms with Crippen molar-refractivity contribution in [2.75, 3.05) is 34.0 Å². The molecule has 1 rings (SSSR count). The molecule has 0 aliphatic carbocycles. The molecule has 1 unspecified atom stereocenters. The molecule has 16 heavy (non-hydrogen) atoms. The van der Waals surface area contributed by atoms with Crippen molar-refractivity contribution in [1.82, 2.24) is 10.3 Å². The minimum Gasteiger partial charge on any atom is -0.385 e. The number of nitrogens with one attached hydrogen (secondary N) is 1. The van der Waals surface area contributed by atoms with E-state index >= 15 is 0 Å².